The second-order valence-electron chi connectivity index (χ2n) is 8.38. The summed E-state index contributed by atoms with van der Waals surface area (Å²) in [4.78, 5) is 21.5. The third-order valence-corrected chi connectivity index (χ3v) is 5.92. The van der Waals surface area contributed by atoms with E-state index in [0.717, 1.165) is 44.9 Å². The molecule has 1 aromatic rings. The first kappa shape index (κ1) is 26.8. The molecule has 0 radical (unpaired) electrons. The van der Waals surface area contributed by atoms with Crippen molar-refractivity contribution < 1.29 is 22.9 Å². The predicted octanol–water partition coefficient (Wildman–Crippen LogP) is 4.52. The smallest absolute Gasteiger partial charge is 0.407 e. The number of para-hydroxylation sites is 1. The van der Waals surface area contributed by atoms with Gasteiger partial charge in [-0.2, -0.15) is 0 Å². The highest BCUT2D eigenvalue weighted by Gasteiger charge is 2.24. The average molecular weight is 458 g/mol. The Morgan fingerprint density at radius 1 is 0.968 bits per heavy atom. The lowest BCUT2D eigenvalue weighted by molar-refractivity contribution is -0.387. The summed E-state index contributed by atoms with van der Waals surface area (Å²) in [5.41, 5.74) is -0.903. The van der Waals surface area contributed by atoms with E-state index in [-0.39, 0.29) is 17.5 Å². The molecule has 0 saturated heterocycles. The standard InChI is InChI=1S/C21H35N3O6S/c1-21(2,3)30-20(25)22-16-12-8-6-4-5-7-9-13-17-23-31(28,29)19-15-11-10-14-18(19)24(26)27/h10-11,14-15,23H,4-9,12-13,16-17H2,1-3H3,(H,22,25). The van der Waals surface area contributed by atoms with Crippen LogP contribution >= 0.6 is 0 Å². The van der Waals surface area contributed by atoms with Crippen LogP contribution in [-0.4, -0.2) is 38.1 Å². The van der Waals surface area contributed by atoms with Crippen LogP contribution in [0.25, 0.3) is 0 Å². The maximum Gasteiger partial charge on any atom is 0.407 e. The van der Waals surface area contributed by atoms with Crippen LogP contribution in [0.3, 0.4) is 0 Å². The number of hydrogen-bond acceptors (Lipinski definition) is 6. The van der Waals surface area contributed by atoms with Gasteiger partial charge in [0.25, 0.3) is 5.69 Å². The van der Waals surface area contributed by atoms with Crippen LogP contribution in [0.4, 0.5) is 10.5 Å². The number of benzene rings is 1. The fourth-order valence-corrected chi connectivity index (χ4v) is 4.18. The number of nitrogens with one attached hydrogen (secondary N) is 2. The van der Waals surface area contributed by atoms with E-state index in [1.165, 1.54) is 24.3 Å². The van der Waals surface area contributed by atoms with Gasteiger partial charge >= 0.3 is 6.09 Å². The quantitative estimate of drug-likeness (QED) is 0.240. The number of ether oxygens (including phenoxy) is 1. The minimum Gasteiger partial charge on any atom is -0.444 e. The van der Waals surface area contributed by atoms with E-state index in [9.17, 15) is 23.3 Å². The Kier molecular flexibility index (Phi) is 11.5. The molecule has 0 unspecified atom stereocenters. The molecule has 0 aliphatic heterocycles. The molecule has 2 N–H and O–H groups in total. The minimum atomic E-state index is -3.89. The lowest BCUT2D eigenvalue weighted by Gasteiger charge is -2.19. The summed E-state index contributed by atoms with van der Waals surface area (Å²) in [5, 5.41) is 13.7. The lowest BCUT2D eigenvalue weighted by Crippen LogP contribution is -2.32. The van der Waals surface area contributed by atoms with E-state index in [4.69, 9.17) is 4.74 Å². The van der Waals surface area contributed by atoms with Crippen LogP contribution in [0.1, 0.15) is 72.1 Å². The zero-order chi connectivity index (χ0) is 23.3. The molecule has 1 amide bonds. The molecule has 0 spiro atoms. The number of alkyl carbamates (subject to hydrolysis) is 1. The normalized spacial score (nSPS) is 11.8. The Labute approximate surface area is 185 Å². The van der Waals surface area contributed by atoms with Gasteiger partial charge in [-0.3, -0.25) is 10.1 Å². The van der Waals surface area contributed by atoms with Gasteiger partial charge in [0.15, 0.2) is 4.90 Å². The van der Waals surface area contributed by atoms with Crippen LogP contribution in [0.5, 0.6) is 0 Å². The molecular weight excluding hydrogens is 422 g/mol. The summed E-state index contributed by atoms with van der Waals surface area (Å²) in [6, 6.07) is 5.33. The van der Waals surface area contributed by atoms with Crippen molar-refractivity contribution >= 4 is 21.8 Å². The van der Waals surface area contributed by atoms with Gasteiger partial charge in [0.05, 0.1) is 4.92 Å². The van der Waals surface area contributed by atoms with E-state index in [2.05, 4.69) is 10.0 Å². The van der Waals surface area contributed by atoms with E-state index in [1.807, 2.05) is 20.8 Å². The zero-order valence-corrected chi connectivity index (χ0v) is 19.5. The molecule has 31 heavy (non-hydrogen) atoms. The van der Waals surface area contributed by atoms with Gasteiger partial charge in [-0.25, -0.2) is 17.9 Å². The highest BCUT2D eigenvalue weighted by molar-refractivity contribution is 7.89. The highest BCUT2D eigenvalue weighted by Crippen LogP contribution is 2.22. The summed E-state index contributed by atoms with van der Waals surface area (Å²) in [5.74, 6) is 0. The number of nitrogens with zero attached hydrogens (tertiary/aromatic N) is 1. The molecular formula is C21H35N3O6S. The number of sulfonamides is 1. The molecule has 0 aliphatic carbocycles. The Hall–Kier alpha value is -2.20. The van der Waals surface area contributed by atoms with Gasteiger partial charge in [-0.05, 0) is 39.7 Å². The number of rotatable bonds is 14. The molecule has 0 aliphatic rings. The maximum absolute atomic E-state index is 12.3. The van der Waals surface area contributed by atoms with Crippen molar-refractivity contribution in [3.8, 4) is 0 Å². The lowest BCUT2D eigenvalue weighted by atomic mass is 10.1. The second kappa shape index (κ2) is 13.3. The first-order valence-electron chi connectivity index (χ1n) is 10.7. The Morgan fingerprint density at radius 3 is 2.03 bits per heavy atom. The third-order valence-electron chi connectivity index (χ3n) is 4.42. The van der Waals surface area contributed by atoms with E-state index in [0.29, 0.717) is 13.0 Å². The molecule has 0 atom stereocenters. The second-order valence-corrected chi connectivity index (χ2v) is 10.1. The predicted molar refractivity (Wildman–Crippen MR) is 119 cm³/mol. The number of amides is 1. The monoisotopic (exact) mass is 457 g/mol. The Bertz CT molecular complexity index is 806. The molecule has 10 heteroatoms. The van der Waals surface area contributed by atoms with E-state index in [1.54, 1.807) is 0 Å². The van der Waals surface area contributed by atoms with E-state index < -0.39 is 26.2 Å². The Balaban J connectivity index is 2.07. The van der Waals surface area contributed by atoms with Gasteiger partial charge in [-0.15, -0.1) is 0 Å². The van der Waals surface area contributed by atoms with Crippen molar-refractivity contribution in [2.75, 3.05) is 13.1 Å². The molecule has 0 heterocycles. The van der Waals surface area contributed by atoms with Gasteiger partial charge in [0.2, 0.25) is 10.0 Å². The van der Waals surface area contributed by atoms with Crippen LogP contribution < -0.4 is 10.0 Å². The van der Waals surface area contributed by atoms with Crippen LogP contribution in [0, 0.1) is 10.1 Å². The summed E-state index contributed by atoms with van der Waals surface area (Å²) < 4.78 is 32.2. The van der Waals surface area contributed by atoms with Crippen LogP contribution in [0.15, 0.2) is 29.2 Å². The third kappa shape index (κ3) is 11.7. The molecule has 0 bridgehead atoms. The number of carbonyl (C=O) groups is 1. The van der Waals surface area contributed by atoms with E-state index >= 15 is 0 Å². The molecule has 0 fully saturated rings. The summed E-state index contributed by atoms with van der Waals surface area (Å²) in [6.45, 7) is 6.35. The summed E-state index contributed by atoms with van der Waals surface area (Å²) in [7, 11) is -3.89. The number of nitro benzene ring substituents is 1. The van der Waals surface area contributed by atoms with Crippen molar-refractivity contribution in [1.29, 1.82) is 0 Å². The first-order valence-corrected chi connectivity index (χ1v) is 12.2. The van der Waals surface area contributed by atoms with Gasteiger partial charge in [0, 0.05) is 19.2 Å². The van der Waals surface area contributed by atoms with Crippen molar-refractivity contribution in [3.63, 3.8) is 0 Å². The minimum absolute atomic E-state index is 0.255. The Morgan fingerprint density at radius 2 is 1.48 bits per heavy atom. The molecule has 9 nitrogen and oxygen atoms in total. The molecule has 0 aromatic heterocycles. The van der Waals surface area contributed by atoms with Crippen LogP contribution in [0.2, 0.25) is 0 Å². The first-order chi connectivity index (χ1) is 14.5. The summed E-state index contributed by atoms with van der Waals surface area (Å²) in [6.07, 6.45) is 7.37. The average Bonchev–Trinajstić information content (AvgIpc) is 2.67. The maximum atomic E-state index is 12.3. The largest absolute Gasteiger partial charge is 0.444 e. The van der Waals surface area contributed by atoms with Gasteiger partial charge in [0.1, 0.15) is 5.60 Å². The fraction of sp³-hybridized carbons (Fsp3) is 0.667. The van der Waals surface area contributed by atoms with Crippen molar-refractivity contribution in [2.45, 2.75) is 82.6 Å². The number of hydrogen-bond donors (Lipinski definition) is 2. The SMILES string of the molecule is CC(C)(C)OC(=O)NCCCCCCCCCCNS(=O)(=O)c1ccccc1[N+](=O)[O-]. The molecule has 1 aromatic carbocycles. The van der Waals surface area contributed by atoms with Crippen molar-refractivity contribution in [3.05, 3.63) is 34.4 Å². The van der Waals surface area contributed by atoms with Crippen molar-refractivity contribution in [1.82, 2.24) is 10.0 Å². The van der Waals surface area contributed by atoms with Crippen LogP contribution in [-0.2, 0) is 14.8 Å². The summed E-state index contributed by atoms with van der Waals surface area (Å²) >= 11 is 0. The fourth-order valence-electron chi connectivity index (χ4n) is 2.93. The number of unbranched alkanes of at least 4 members (excludes halogenated alkanes) is 7. The van der Waals surface area contributed by atoms with Gasteiger partial charge in [-0.1, -0.05) is 50.7 Å². The number of carbonyl (C=O) groups excluding carboxylic acids is 1. The molecule has 0 saturated carbocycles. The van der Waals surface area contributed by atoms with Gasteiger partial charge < -0.3 is 10.1 Å². The van der Waals surface area contributed by atoms with Crippen molar-refractivity contribution in [2.24, 2.45) is 0 Å². The number of nitro groups is 1. The molecule has 176 valence electrons. The molecule has 1 rings (SSSR count). The highest BCUT2D eigenvalue weighted by atomic mass is 32.2. The zero-order valence-electron chi connectivity index (χ0n) is 18.7. The topological polar surface area (TPSA) is 128 Å².